The van der Waals surface area contributed by atoms with Crippen LogP contribution in [0.3, 0.4) is 0 Å². The van der Waals surface area contributed by atoms with E-state index in [2.05, 4.69) is 0 Å². The fraction of sp³-hybridized carbons (Fsp3) is 0.300. The Hall–Kier alpha value is -1.95. The Morgan fingerprint density at radius 1 is 1.25 bits per heavy atom. The van der Waals surface area contributed by atoms with Gasteiger partial charge in [-0.25, -0.2) is 4.79 Å². The lowest BCUT2D eigenvalue weighted by molar-refractivity contribution is -0.156. The van der Waals surface area contributed by atoms with Gasteiger partial charge >= 0.3 is 5.97 Å². The maximum absolute atomic E-state index is 10.7. The molecule has 6 heteroatoms. The minimum Gasteiger partial charge on any atom is -0.508 e. The summed E-state index contributed by atoms with van der Waals surface area (Å²) in [6, 6.07) is 1.90. The van der Waals surface area contributed by atoms with Gasteiger partial charge < -0.3 is 25.5 Å². The van der Waals surface area contributed by atoms with Crippen LogP contribution in [0.5, 0.6) is 17.2 Å². The van der Waals surface area contributed by atoms with Gasteiger partial charge in [0.1, 0.15) is 17.2 Å². The molecule has 0 radical (unpaired) electrons. The van der Waals surface area contributed by atoms with Crippen LogP contribution in [0.1, 0.15) is 12.5 Å². The molecule has 6 nitrogen and oxygen atoms in total. The van der Waals surface area contributed by atoms with Crippen molar-refractivity contribution < 1.29 is 30.3 Å². The van der Waals surface area contributed by atoms with E-state index in [0.29, 0.717) is 0 Å². The van der Waals surface area contributed by atoms with E-state index in [9.17, 15) is 20.1 Å². The zero-order valence-electron chi connectivity index (χ0n) is 8.51. The van der Waals surface area contributed by atoms with Gasteiger partial charge in [0, 0.05) is 24.1 Å². The van der Waals surface area contributed by atoms with Crippen molar-refractivity contribution in [2.75, 3.05) is 0 Å². The van der Waals surface area contributed by atoms with E-state index in [1.54, 1.807) is 0 Å². The van der Waals surface area contributed by atoms with Crippen LogP contribution in [0.25, 0.3) is 0 Å². The third-order valence-corrected chi connectivity index (χ3v) is 2.17. The molecule has 1 aromatic rings. The van der Waals surface area contributed by atoms with Gasteiger partial charge in [-0.3, -0.25) is 0 Å². The molecule has 1 unspecified atom stereocenters. The molecular weight excluding hydrogens is 216 g/mol. The number of carboxylic acid groups (broad SMARTS) is 1. The zero-order valence-corrected chi connectivity index (χ0v) is 8.51. The van der Waals surface area contributed by atoms with Gasteiger partial charge in [-0.2, -0.15) is 0 Å². The van der Waals surface area contributed by atoms with E-state index in [1.807, 2.05) is 0 Å². The number of phenolic OH excluding ortho intramolecular Hbond substituents is 3. The Labute approximate surface area is 91.0 Å². The van der Waals surface area contributed by atoms with Gasteiger partial charge in [0.05, 0.1) is 0 Å². The average molecular weight is 228 g/mol. The predicted molar refractivity (Wildman–Crippen MR) is 53.4 cm³/mol. The number of aromatic hydroxyl groups is 3. The van der Waals surface area contributed by atoms with Gasteiger partial charge in [-0.15, -0.1) is 0 Å². The Morgan fingerprint density at radius 3 is 2.06 bits per heavy atom. The molecule has 5 N–H and O–H groups in total. The molecule has 0 spiro atoms. The van der Waals surface area contributed by atoms with E-state index in [4.69, 9.17) is 10.2 Å². The summed E-state index contributed by atoms with van der Waals surface area (Å²) in [4.78, 5) is 10.7. The Morgan fingerprint density at radius 2 is 1.69 bits per heavy atom. The van der Waals surface area contributed by atoms with Crippen LogP contribution >= 0.6 is 0 Å². The van der Waals surface area contributed by atoms with Gasteiger partial charge in [0.2, 0.25) is 0 Å². The first-order chi connectivity index (χ1) is 7.24. The predicted octanol–water partition coefficient (Wildman–Crippen LogP) is 0.181. The standard InChI is InChI=1S/C10H12O6/c1-10(16,9(14)15)4-6-7(12)2-5(11)3-8(6)13/h2-3,11-13,16H,4H2,1H3,(H,14,15). The lowest BCUT2D eigenvalue weighted by Crippen LogP contribution is -2.37. The second-order valence-corrected chi connectivity index (χ2v) is 3.72. The molecule has 0 aliphatic heterocycles. The van der Waals surface area contributed by atoms with Crippen LogP contribution in [0, 0.1) is 0 Å². The second kappa shape index (κ2) is 3.90. The van der Waals surface area contributed by atoms with E-state index < -0.39 is 29.5 Å². The van der Waals surface area contributed by atoms with Crippen molar-refractivity contribution in [3.63, 3.8) is 0 Å². The van der Waals surface area contributed by atoms with E-state index >= 15 is 0 Å². The molecule has 1 rings (SSSR count). The molecule has 0 aliphatic carbocycles. The summed E-state index contributed by atoms with van der Waals surface area (Å²) >= 11 is 0. The van der Waals surface area contributed by atoms with Crippen molar-refractivity contribution in [1.29, 1.82) is 0 Å². The summed E-state index contributed by atoms with van der Waals surface area (Å²) in [5.74, 6) is -2.77. The van der Waals surface area contributed by atoms with Crippen molar-refractivity contribution in [1.82, 2.24) is 0 Å². The quantitative estimate of drug-likeness (QED) is 0.503. The maximum atomic E-state index is 10.7. The number of rotatable bonds is 3. The van der Waals surface area contributed by atoms with Crippen LogP contribution < -0.4 is 0 Å². The highest BCUT2D eigenvalue weighted by Crippen LogP contribution is 2.34. The molecule has 0 saturated carbocycles. The molecule has 1 atom stereocenters. The summed E-state index contributed by atoms with van der Waals surface area (Å²) in [5.41, 5.74) is -2.24. The maximum Gasteiger partial charge on any atom is 0.335 e. The highest BCUT2D eigenvalue weighted by atomic mass is 16.4. The van der Waals surface area contributed by atoms with Gasteiger partial charge in [0.15, 0.2) is 5.60 Å². The molecule has 1 aromatic carbocycles. The Balaban J connectivity index is 3.11. The van der Waals surface area contributed by atoms with Crippen molar-refractivity contribution in [2.45, 2.75) is 18.9 Å². The van der Waals surface area contributed by atoms with Crippen LogP contribution in [-0.2, 0) is 11.2 Å². The van der Waals surface area contributed by atoms with Crippen molar-refractivity contribution in [3.05, 3.63) is 17.7 Å². The monoisotopic (exact) mass is 228 g/mol. The molecule has 0 aromatic heterocycles. The average Bonchev–Trinajstić information content (AvgIpc) is 2.11. The first-order valence-electron chi connectivity index (χ1n) is 4.43. The van der Waals surface area contributed by atoms with E-state index in [1.165, 1.54) is 0 Å². The number of carboxylic acids is 1. The SMILES string of the molecule is CC(O)(Cc1c(O)cc(O)cc1O)C(=O)O. The molecule has 0 aliphatic rings. The topological polar surface area (TPSA) is 118 Å². The highest BCUT2D eigenvalue weighted by Gasteiger charge is 2.32. The fourth-order valence-corrected chi connectivity index (χ4v) is 1.23. The van der Waals surface area contributed by atoms with Gasteiger partial charge in [0.25, 0.3) is 0 Å². The van der Waals surface area contributed by atoms with Crippen LogP contribution in [0.2, 0.25) is 0 Å². The molecule has 0 amide bonds. The summed E-state index contributed by atoms with van der Waals surface area (Å²) < 4.78 is 0. The number of hydrogen-bond donors (Lipinski definition) is 5. The summed E-state index contributed by atoms with van der Waals surface area (Å²) in [7, 11) is 0. The lowest BCUT2D eigenvalue weighted by atomic mass is 9.95. The van der Waals surface area contributed by atoms with E-state index in [-0.39, 0.29) is 11.3 Å². The zero-order chi connectivity index (χ0) is 12.5. The second-order valence-electron chi connectivity index (χ2n) is 3.72. The van der Waals surface area contributed by atoms with E-state index in [0.717, 1.165) is 19.1 Å². The van der Waals surface area contributed by atoms with Crippen LogP contribution in [0.15, 0.2) is 12.1 Å². The Bertz CT molecular complexity index is 400. The third kappa shape index (κ3) is 2.34. The first kappa shape index (κ1) is 12.1. The number of carbonyl (C=O) groups is 1. The minimum absolute atomic E-state index is 0.134. The molecule has 88 valence electrons. The number of benzene rings is 1. The third-order valence-electron chi connectivity index (χ3n) is 2.17. The largest absolute Gasteiger partial charge is 0.508 e. The Kier molecular flexibility index (Phi) is 2.95. The molecule has 0 heterocycles. The summed E-state index contributed by atoms with van der Waals surface area (Å²) in [6.45, 7) is 1.04. The molecule has 0 bridgehead atoms. The number of phenols is 3. The van der Waals surface area contributed by atoms with Gasteiger partial charge in [-0.1, -0.05) is 0 Å². The van der Waals surface area contributed by atoms with Crippen LogP contribution in [-0.4, -0.2) is 37.1 Å². The fourth-order valence-electron chi connectivity index (χ4n) is 1.23. The molecule has 0 saturated heterocycles. The van der Waals surface area contributed by atoms with Crippen molar-refractivity contribution >= 4 is 5.97 Å². The lowest BCUT2D eigenvalue weighted by Gasteiger charge is -2.19. The van der Waals surface area contributed by atoms with Crippen molar-refractivity contribution in [2.24, 2.45) is 0 Å². The van der Waals surface area contributed by atoms with Crippen molar-refractivity contribution in [3.8, 4) is 17.2 Å². The van der Waals surface area contributed by atoms with Gasteiger partial charge in [-0.05, 0) is 6.92 Å². The first-order valence-corrected chi connectivity index (χ1v) is 4.43. The number of aliphatic hydroxyl groups is 1. The smallest absolute Gasteiger partial charge is 0.335 e. The van der Waals surface area contributed by atoms with Crippen LogP contribution in [0.4, 0.5) is 0 Å². The molecular formula is C10H12O6. The highest BCUT2D eigenvalue weighted by molar-refractivity contribution is 5.77. The molecule has 0 fully saturated rings. The minimum atomic E-state index is -2.11. The normalized spacial score (nSPS) is 14.4. The molecule has 16 heavy (non-hydrogen) atoms. The number of aliphatic carboxylic acids is 1. The summed E-state index contributed by atoms with van der Waals surface area (Å²) in [5, 5.41) is 46.0. The number of hydrogen-bond acceptors (Lipinski definition) is 5. The summed E-state index contributed by atoms with van der Waals surface area (Å²) in [6.07, 6.45) is -0.472.